The average Bonchev–Trinajstić information content (AvgIpc) is 3.31. The number of halogens is 3. The molecule has 9 heteroatoms. The van der Waals surface area contributed by atoms with E-state index in [1.807, 2.05) is 0 Å². The molecule has 0 bridgehead atoms. The average molecular weight is 408 g/mol. The molecule has 0 fully saturated rings. The molecule has 1 aromatic carbocycles. The van der Waals surface area contributed by atoms with Crippen LogP contribution in [-0.2, 0) is 17.6 Å². The van der Waals surface area contributed by atoms with Crippen molar-refractivity contribution in [3.05, 3.63) is 53.2 Å². The second-order valence-corrected chi connectivity index (χ2v) is 7.14. The molecule has 1 amide bonds. The van der Waals surface area contributed by atoms with Gasteiger partial charge in [-0.3, -0.25) is 4.79 Å². The second kappa shape index (κ2) is 7.31. The predicted octanol–water partition coefficient (Wildman–Crippen LogP) is 4.82. The third-order valence-corrected chi connectivity index (χ3v) is 5.23. The van der Waals surface area contributed by atoms with Crippen LogP contribution in [0.2, 0.25) is 0 Å². The minimum absolute atomic E-state index is 0.109. The van der Waals surface area contributed by atoms with Crippen LogP contribution in [0.4, 0.5) is 18.9 Å². The summed E-state index contributed by atoms with van der Waals surface area (Å²) in [5.74, 6) is 0.217. The van der Waals surface area contributed by atoms with Crippen molar-refractivity contribution in [3.8, 4) is 16.5 Å². The summed E-state index contributed by atoms with van der Waals surface area (Å²) >= 11 is 1.39. The summed E-state index contributed by atoms with van der Waals surface area (Å²) in [7, 11) is 0. The first-order valence-corrected chi connectivity index (χ1v) is 9.44. The number of thiazole rings is 1. The lowest BCUT2D eigenvalue weighted by atomic mass is 10.0. The van der Waals surface area contributed by atoms with E-state index in [-0.39, 0.29) is 18.1 Å². The normalized spacial score (nSPS) is 14.0. The lowest BCUT2D eigenvalue weighted by molar-refractivity contribution is -0.274. The molecule has 1 aliphatic rings. The maximum atomic E-state index is 12.8. The van der Waals surface area contributed by atoms with Gasteiger partial charge in [-0.2, -0.15) is 0 Å². The smallest absolute Gasteiger partial charge is 0.462 e. The minimum Gasteiger partial charge on any atom is -0.462 e. The van der Waals surface area contributed by atoms with Gasteiger partial charge in [0, 0.05) is 17.6 Å². The third-order valence-electron chi connectivity index (χ3n) is 4.32. The Kier molecular flexibility index (Phi) is 4.84. The fraction of sp³-hybridized carbons (Fsp3) is 0.263. The number of fused-ring (bicyclic) bond motifs is 1. The second-order valence-electron chi connectivity index (χ2n) is 6.29. The fourth-order valence-corrected chi connectivity index (χ4v) is 3.97. The maximum absolute atomic E-state index is 12.8. The highest BCUT2D eigenvalue weighted by Crippen LogP contribution is 2.33. The SMILES string of the molecule is O=C(Cc1csc(-c2ccco2)n1)N1CCCc2cc(OC(F)(F)F)ccc21. The number of carbonyl (C=O) groups is 1. The van der Waals surface area contributed by atoms with Gasteiger partial charge in [0.2, 0.25) is 5.91 Å². The summed E-state index contributed by atoms with van der Waals surface area (Å²) < 4.78 is 46.6. The Hall–Kier alpha value is -2.81. The van der Waals surface area contributed by atoms with Crippen molar-refractivity contribution < 1.29 is 27.1 Å². The minimum atomic E-state index is -4.74. The summed E-state index contributed by atoms with van der Waals surface area (Å²) in [6.45, 7) is 0.514. The van der Waals surface area contributed by atoms with Gasteiger partial charge in [0.05, 0.1) is 18.4 Å². The van der Waals surface area contributed by atoms with Gasteiger partial charge in [0.1, 0.15) is 5.75 Å². The molecule has 3 heterocycles. The van der Waals surface area contributed by atoms with Gasteiger partial charge >= 0.3 is 6.36 Å². The van der Waals surface area contributed by atoms with Gasteiger partial charge in [-0.15, -0.1) is 24.5 Å². The van der Waals surface area contributed by atoms with Gasteiger partial charge in [-0.25, -0.2) is 4.98 Å². The largest absolute Gasteiger partial charge is 0.573 e. The molecule has 146 valence electrons. The quantitative estimate of drug-likeness (QED) is 0.621. The molecule has 0 saturated heterocycles. The number of anilines is 1. The van der Waals surface area contributed by atoms with E-state index in [1.165, 1.54) is 29.5 Å². The number of aryl methyl sites for hydroxylation is 1. The lowest BCUT2D eigenvalue weighted by Crippen LogP contribution is -2.36. The van der Waals surface area contributed by atoms with Crippen LogP contribution in [-0.4, -0.2) is 23.8 Å². The van der Waals surface area contributed by atoms with E-state index in [2.05, 4.69) is 9.72 Å². The van der Waals surface area contributed by atoms with E-state index in [4.69, 9.17) is 4.42 Å². The summed E-state index contributed by atoms with van der Waals surface area (Å²) in [5, 5.41) is 2.50. The molecule has 5 nitrogen and oxygen atoms in total. The molecule has 0 aliphatic carbocycles. The van der Waals surface area contributed by atoms with Gasteiger partial charge in [-0.05, 0) is 48.7 Å². The van der Waals surface area contributed by atoms with E-state index < -0.39 is 6.36 Å². The topological polar surface area (TPSA) is 55.6 Å². The van der Waals surface area contributed by atoms with E-state index in [9.17, 15) is 18.0 Å². The van der Waals surface area contributed by atoms with E-state index in [1.54, 1.807) is 28.7 Å². The molecule has 0 radical (unpaired) electrons. The number of hydrogen-bond acceptors (Lipinski definition) is 5. The number of alkyl halides is 3. The molecule has 28 heavy (non-hydrogen) atoms. The van der Waals surface area contributed by atoms with Crippen molar-refractivity contribution in [2.24, 2.45) is 0 Å². The Bertz CT molecular complexity index is 983. The molecule has 0 atom stereocenters. The van der Waals surface area contributed by atoms with Gasteiger partial charge in [-0.1, -0.05) is 0 Å². The zero-order valence-corrected chi connectivity index (χ0v) is 15.3. The number of carbonyl (C=O) groups excluding carboxylic acids is 1. The number of hydrogen-bond donors (Lipinski definition) is 0. The maximum Gasteiger partial charge on any atom is 0.573 e. The van der Waals surface area contributed by atoms with Gasteiger partial charge < -0.3 is 14.1 Å². The van der Waals surface area contributed by atoms with Crippen molar-refractivity contribution in [1.82, 2.24) is 4.98 Å². The highest BCUT2D eigenvalue weighted by Gasteiger charge is 2.32. The van der Waals surface area contributed by atoms with Crippen LogP contribution in [0.15, 0.2) is 46.4 Å². The molecule has 1 aliphatic heterocycles. The summed E-state index contributed by atoms with van der Waals surface area (Å²) in [5.41, 5.74) is 1.91. The Morgan fingerprint density at radius 1 is 1.32 bits per heavy atom. The molecule has 0 unspecified atom stereocenters. The van der Waals surface area contributed by atoms with E-state index >= 15 is 0 Å². The number of rotatable bonds is 4. The van der Waals surface area contributed by atoms with Crippen LogP contribution < -0.4 is 9.64 Å². The lowest BCUT2D eigenvalue weighted by Gasteiger charge is -2.29. The Morgan fingerprint density at radius 2 is 2.18 bits per heavy atom. The molecule has 0 saturated carbocycles. The molecule has 0 spiro atoms. The Morgan fingerprint density at radius 3 is 2.93 bits per heavy atom. The van der Waals surface area contributed by atoms with Crippen LogP contribution in [0.5, 0.6) is 5.75 Å². The van der Waals surface area contributed by atoms with Crippen molar-refractivity contribution in [3.63, 3.8) is 0 Å². The molecular formula is C19H15F3N2O3S. The van der Waals surface area contributed by atoms with E-state index in [0.29, 0.717) is 47.1 Å². The number of nitrogens with zero attached hydrogens (tertiary/aromatic N) is 2. The zero-order valence-electron chi connectivity index (χ0n) is 14.5. The number of furan rings is 1. The molecule has 0 N–H and O–H groups in total. The van der Waals surface area contributed by atoms with Gasteiger partial charge in [0.15, 0.2) is 10.8 Å². The van der Waals surface area contributed by atoms with Crippen LogP contribution in [0.3, 0.4) is 0 Å². The van der Waals surface area contributed by atoms with Crippen molar-refractivity contribution >= 4 is 22.9 Å². The highest BCUT2D eigenvalue weighted by molar-refractivity contribution is 7.13. The van der Waals surface area contributed by atoms with Crippen molar-refractivity contribution in [2.45, 2.75) is 25.6 Å². The molecular weight excluding hydrogens is 393 g/mol. The predicted molar refractivity (Wildman–Crippen MR) is 97.3 cm³/mol. The molecule has 2 aromatic heterocycles. The number of benzene rings is 1. The van der Waals surface area contributed by atoms with Crippen LogP contribution in [0.25, 0.3) is 10.8 Å². The van der Waals surface area contributed by atoms with Crippen molar-refractivity contribution in [1.29, 1.82) is 0 Å². The number of ether oxygens (including phenoxy) is 1. The first kappa shape index (κ1) is 18.5. The van der Waals surface area contributed by atoms with Crippen LogP contribution in [0, 0.1) is 0 Å². The third kappa shape index (κ3) is 4.04. The summed E-state index contributed by atoms with van der Waals surface area (Å²) in [6, 6.07) is 7.65. The Balaban J connectivity index is 1.50. The summed E-state index contributed by atoms with van der Waals surface area (Å²) in [4.78, 5) is 18.8. The Labute approximate surface area is 162 Å². The number of aromatic nitrogens is 1. The monoisotopic (exact) mass is 408 g/mol. The van der Waals surface area contributed by atoms with Crippen LogP contribution in [0.1, 0.15) is 17.7 Å². The summed E-state index contributed by atoms with van der Waals surface area (Å²) in [6.07, 6.45) is -1.81. The fourth-order valence-electron chi connectivity index (χ4n) is 3.18. The molecule has 3 aromatic rings. The van der Waals surface area contributed by atoms with Crippen molar-refractivity contribution in [2.75, 3.05) is 11.4 Å². The number of amides is 1. The standard InChI is InChI=1S/C19H15F3N2O3S/c20-19(21,22)27-14-5-6-15-12(9-14)3-1-7-24(15)17(25)10-13-11-28-18(23-13)16-4-2-8-26-16/h2,4-6,8-9,11H,1,3,7,10H2. The van der Waals surface area contributed by atoms with Crippen LogP contribution >= 0.6 is 11.3 Å². The van der Waals surface area contributed by atoms with Gasteiger partial charge in [0.25, 0.3) is 0 Å². The first-order chi connectivity index (χ1) is 13.4. The zero-order chi connectivity index (χ0) is 19.7. The van der Waals surface area contributed by atoms with E-state index in [0.717, 1.165) is 0 Å². The first-order valence-electron chi connectivity index (χ1n) is 8.56. The molecule has 4 rings (SSSR count). The highest BCUT2D eigenvalue weighted by atomic mass is 32.1.